The highest BCUT2D eigenvalue weighted by Crippen LogP contribution is 2.19. The highest BCUT2D eigenvalue weighted by atomic mass is 16.2. The van der Waals surface area contributed by atoms with E-state index >= 15 is 0 Å². The molecule has 2 amide bonds. The number of para-hydroxylation sites is 1. The van der Waals surface area contributed by atoms with E-state index in [1.54, 1.807) is 37.4 Å². The Morgan fingerprint density at radius 2 is 2.06 bits per heavy atom. The standard InChI is InChI=1S/C14H18N2O2/c1-4-5-10-15-14(18)12-8-6-7-9-13(12)16(3)11(2)17/h4,6-9H,1,5,10H2,2-3H3,(H,15,18). The van der Waals surface area contributed by atoms with Gasteiger partial charge in [0.2, 0.25) is 5.91 Å². The molecule has 4 nitrogen and oxygen atoms in total. The van der Waals surface area contributed by atoms with Gasteiger partial charge >= 0.3 is 0 Å². The van der Waals surface area contributed by atoms with Gasteiger partial charge in [0.05, 0.1) is 11.3 Å². The SMILES string of the molecule is C=CCCNC(=O)c1ccccc1N(C)C(C)=O. The molecule has 96 valence electrons. The maximum atomic E-state index is 12.0. The summed E-state index contributed by atoms with van der Waals surface area (Å²) in [6, 6.07) is 7.04. The summed E-state index contributed by atoms with van der Waals surface area (Å²) in [5.41, 5.74) is 1.11. The Labute approximate surface area is 107 Å². The van der Waals surface area contributed by atoms with Crippen molar-refractivity contribution in [3.63, 3.8) is 0 Å². The van der Waals surface area contributed by atoms with Crippen LogP contribution in [-0.2, 0) is 4.79 Å². The van der Waals surface area contributed by atoms with Crippen LogP contribution in [0.3, 0.4) is 0 Å². The predicted octanol–water partition coefficient (Wildman–Crippen LogP) is 1.98. The van der Waals surface area contributed by atoms with Gasteiger partial charge in [-0.1, -0.05) is 18.2 Å². The number of rotatable bonds is 5. The maximum absolute atomic E-state index is 12.0. The van der Waals surface area contributed by atoms with Crippen molar-refractivity contribution >= 4 is 17.5 Å². The van der Waals surface area contributed by atoms with E-state index in [1.165, 1.54) is 11.8 Å². The first kappa shape index (κ1) is 14.0. The van der Waals surface area contributed by atoms with E-state index in [0.29, 0.717) is 17.8 Å². The minimum absolute atomic E-state index is 0.110. The highest BCUT2D eigenvalue weighted by molar-refractivity contribution is 6.04. The van der Waals surface area contributed by atoms with Crippen molar-refractivity contribution in [3.8, 4) is 0 Å². The Balaban J connectivity index is 2.91. The van der Waals surface area contributed by atoms with E-state index < -0.39 is 0 Å². The van der Waals surface area contributed by atoms with E-state index in [4.69, 9.17) is 0 Å². The summed E-state index contributed by atoms with van der Waals surface area (Å²) in [5, 5.41) is 2.79. The van der Waals surface area contributed by atoms with Crippen LogP contribution in [0.4, 0.5) is 5.69 Å². The summed E-state index contributed by atoms with van der Waals surface area (Å²) < 4.78 is 0. The van der Waals surface area contributed by atoms with Crippen LogP contribution in [-0.4, -0.2) is 25.4 Å². The van der Waals surface area contributed by atoms with Gasteiger partial charge < -0.3 is 10.2 Å². The van der Waals surface area contributed by atoms with Crippen LogP contribution >= 0.6 is 0 Å². The Morgan fingerprint density at radius 3 is 2.67 bits per heavy atom. The molecule has 1 rings (SSSR count). The number of hydrogen-bond acceptors (Lipinski definition) is 2. The van der Waals surface area contributed by atoms with Crippen molar-refractivity contribution in [1.82, 2.24) is 5.32 Å². The molecule has 0 fully saturated rings. The molecule has 0 saturated carbocycles. The van der Waals surface area contributed by atoms with E-state index in [-0.39, 0.29) is 11.8 Å². The number of carbonyl (C=O) groups is 2. The fourth-order valence-electron chi connectivity index (χ4n) is 1.51. The second-order valence-corrected chi connectivity index (χ2v) is 3.93. The van der Waals surface area contributed by atoms with Crippen LogP contribution in [0.5, 0.6) is 0 Å². The first-order valence-corrected chi connectivity index (χ1v) is 5.80. The molecule has 4 heteroatoms. The van der Waals surface area contributed by atoms with Gasteiger partial charge in [-0.25, -0.2) is 0 Å². The molecule has 1 N–H and O–H groups in total. The largest absolute Gasteiger partial charge is 0.352 e. The van der Waals surface area contributed by atoms with Gasteiger partial charge in [0, 0.05) is 20.5 Å². The second kappa shape index (κ2) is 6.59. The number of nitrogens with zero attached hydrogens (tertiary/aromatic N) is 1. The lowest BCUT2D eigenvalue weighted by Gasteiger charge is -2.18. The number of hydrogen-bond donors (Lipinski definition) is 1. The first-order chi connectivity index (χ1) is 8.57. The average molecular weight is 246 g/mol. The zero-order valence-corrected chi connectivity index (χ0v) is 10.8. The molecule has 0 radical (unpaired) electrons. The Bertz CT molecular complexity index is 455. The smallest absolute Gasteiger partial charge is 0.253 e. The van der Waals surface area contributed by atoms with Crippen LogP contribution in [0.2, 0.25) is 0 Å². The molecule has 0 spiro atoms. The van der Waals surface area contributed by atoms with Gasteiger partial charge in [0.25, 0.3) is 5.91 Å². The third-order valence-electron chi connectivity index (χ3n) is 2.62. The number of anilines is 1. The summed E-state index contributed by atoms with van der Waals surface area (Å²) in [5.74, 6) is -0.290. The number of carbonyl (C=O) groups excluding carboxylic acids is 2. The molecule has 0 aromatic heterocycles. The van der Waals surface area contributed by atoms with Gasteiger partial charge in [0.15, 0.2) is 0 Å². The summed E-state index contributed by atoms with van der Waals surface area (Å²) in [6.07, 6.45) is 2.46. The van der Waals surface area contributed by atoms with Crippen molar-refractivity contribution < 1.29 is 9.59 Å². The second-order valence-electron chi connectivity index (χ2n) is 3.93. The molecule has 0 aliphatic heterocycles. The normalized spacial score (nSPS) is 9.67. The van der Waals surface area contributed by atoms with E-state index in [1.807, 2.05) is 0 Å². The number of benzene rings is 1. The van der Waals surface area contributed by atoms with Gasteiger partial charge in [-0.05, 0) is 18.6 Å². The molecular formula is C14H18N2O2. The van der Waals surface area contributed by atoms with Crippen LogP contribution < -0.4 is 10.2 Å². The third-order valence-corrected chi connectivity index (χ3v) is 2.62. The minimum atomic E-state index is -0.180. The van der Waals surface area contributed by atoms with Gasteiger partial charge in [-0.3, -0.25) is 9.59 Å². The quantitative estimate of drug-likeness (QED) is 0.638. The van der Waals surface area contributed by atoms with Crippen molar-refractivity contribution in [1.29, 1.82) is 0 Å². The van der Waals surface area contributed by atoms with Crippen LogP contribution in [0.1, 0.15) is 23.7 Å². The summed E-state index contributed by atoms with van der Waals surface area (Å²) in [6.45, 7) is 5.60. The molecule has 0 heterocycles. The van der Waals surface area contributed by atoms with E-state index in [2.05, 4.69) is 11.9 Å². The summed E-state index contributed by atoms with van der Waals surface area (Å²) >= 11 is 0. The lowest BCUT2D eigenvalue weighted by Crippen LogP contribution is -2.29. The fourth-order valence-corrected chi connectivity index (χ4v) is 1.51. The van der Waals surface area contributed by atoms with Crippen LogP contribution in [0.25, 0.3) is 0 Å². The number of amides is 2. The topological polar surface area (TPSA) is 49.4 Å². The summed E-state index contributed by atoms with van der Waals surface area (Å²) in [4.78, 5) is 24.8. The molecule has 1 aromatic carbocycles. The van der Waals surface area contributed by atoms with E-state index in [9.17, 15) is 9.59 Å². The van der Waals surface area contributed by atoms with Crippen molar-refractivity contribution in [2.75, 3.05) is 18.5 Å². The van der Waals surface area contributed by atoms with Crippen molar-refractivity contribution in [3.05, 3.63) is 42.5 Å². The highest BCUT2D eigenvalue weighted by Gasteiger charge is 2.15. The lowest BCUT2D eigenvalue weighted by atomic mass is 10.1. The molecule has 18 heavy (non-hydrogen) atoms. The first-order valence-electron chi connectivity index (χ1n) is 5.80. The fraction of sp³-hybridized carbons (Fsp3) is 0.286. The minimum Gasteiger partial charge on any atom is -0.352 e. The summed E-state index contributed by atoms with van der Waals surface area (Å²) in [7, 11) is 1.65. The number of nitrogens with one attached hydrogen (secondary N) is 1. The third kappa shape index (κ3) is 3.45. The van der Waals surface area contributed by atoms with Crippen molar-refractivity contribution in [2.24, 2.45) is 0 Å². The lowest BCUT2D eigenvalue weighted by molar-refractivity contribution is -0.116. The maximum Gasteiger partial charge on any atom is 0.253 e. The zero-order chi connectivity index (χ0) is 13.5. The molecule has 0 unspecified atom stereocenters. The molecule has 0 aliphatic carbocycles. The van der Waals surface area contributed by atoms with Crippen LogP contribution in [0, 0.1) is 0 Å². The van der Waals surface area contributed by atoms with E-state index in [0.717, 1.165) is 6.42 Å². The predicted molar refractivity (Wildman–Crippen MR) is 72.7 cm³/mol. The zero-order valence-electron chi connectivity index (χ0n) is 10.8. The monoisotopic (exact) mass is 246 g/mol. The van der Waals surface area contributed by atoms with Crippen LogP contribution in [0.15, 0.2) is 36.9 Å². The Morgan fingerprint density at radius 1 is 1.39 bits per heavy atom. The molecule has 0 saturated heterocycles. The molecule has 0 aliphatic rings. The molecular weight excluding hydrogens is 228 g/mol. The molecule has 1 aromatic rings. The van der Waals surface area contributed by atoms with Gasteiger partial charge in [0.1, 0.15) is 0 Å². The molecule has 0 bridgehead atoms. The molecule has 0 atom stereocenters. The van der Waals surface area contributed by atoms with Gasteiger partial charge in [-0.2, -0.15) is 0 Å². The van der Waals surface area contributed by atoms with Gasteiger partial charge in [-0.15, -0.1) is 6.58 Å². The Hall–Kier alpha value is -2.10. The Kier molecular flexibility index (Phi) is 5.11. The average Bonchev–Trinajstić information content (AvgIpc) is 2.38. The van der Waals surface area contributed by atoms with Crippen molar-refractivity contribution in [2.45, 2.75) is 13.3 Å².